The smallest absolute Gasteiger partial charge is 0.180 e. The third-order valence-electron chi connectivity index (χ3n) is 3.35. The lowest BCUT2D eigenvalue weighted by molar-refractivity contribution is 0.219. The van der Waals surface area contributed by atoms with Gasteiger partial charge in [0, 0.05) is 23.7 Å². The molecule has 2 N–H and O–H groups in total. The van der Waals surface area contributed by atoms with Gasteiger partial charge >= 0.3 is 0 Å². The van der Waals surface area contributed by atoms with E-state index in [0.717, 1.165) is 18.5 Å². The maximum Gasteiger partial charge on any atom is 0.180 e. The van der Waals surface area contributed by atoms with Crippen LogP contribution in [0.5, 0.6) is 0 Å². The second-order valence-corrected chi connectivity index (χ2v) is 5.52. The Bertz CT molecular complexity index is 323. The van der Waals surface area contributed by atoms with Crippen LogP contribution < -0.4 is 5.73 Å². The molecule has 0 saturated carbocycles. The van der Waals surface area contributed by atoms with Gasteiger partial charge in [-0.15, -0.1) is 11.3 Å². The van der Waals surface area contributed by atoms with Gasteiger partial charge in [0.25, 0.3) is 0 Å². The van der Waals surface area contributed by atoms with Gasteiger partial charge in [0.15, 0.2) is 5.13 Å². The van der Waals surface area contributed by atoms with Gasteiger partial charge < -0.3 is 5.73 Å². The van der Waals surface area contributed by atoms with Crippen molar-refractivity contribution in [2.75, 3.05) is 12.3 Å². The number of hydrogen-bond acceptors (Lipinski definition) is 4. The summed E-state index contributed by atoms with van der Waals surface area (Å²) in [6.07, 6.45) is 4.48. The normalized spacial score (nSPS) is 27.3. The van der Waals surface area contributed by atoms with Crippen LogP contribution in [0, 0.1) is 5.92 Å². The number of nitrogen functional groups attached to an aromatic ring is 1. The van der Waals surface area contributed by atoms with Crippen molar-refractivity contribution in [3.63, 3.8) is 0 Å². The van der Waals surface area contributed by atoms with Gasteiger partial charge in [-0.05, 0) is 25.3 Å². The predicted octanol–water partition coefficient (Wildman–Crippen LogP) is 2.35. The van der Waals surface area contributed by atoms with Crippen molar-refractivity contribution in [3.05, 3.63) is 11.1 Å². The van der Waals surface area contributed by atoms with Gasteiger partial charge in [0.2, 0.25) is 0 Å². The number of nitrogens with two attached hydrogens (primary N) is 1. The first-order valence-electron chi connectivity index (χ1n) is 5.65. The monoisotopic (exact) mass is 225 g/mol. The fourth-order valence-electron chi connectivity index (χ4n) is 2.54. The van der Waals surface area contributed by atoms with Crippen molar-refractivity contribution in [1.29, 1.82) is 0 Å². The number of nitrogens with zero attached hydrogens (tertiary/aromatic N) is 2. The van der Waals surface area contributed by atoms with E-state index in [9.17, 15) is 0 Å². The molecular formula is C11H19N3S. The summed E-state index contributed by atoms with van der Waals surface area (Å²) in [6, 6.07) is 0.744. The Kier molecular flexibility index (Phi) is 3.26. The number of aromatic nitrogens is 1. The lowest BCUT2D eigenvalue weighted by Gasteiger charge is -2.24. The minimum absolute atomic E-state index is 0.685. The summed E-state index contributed by atoms with van der Waals surface area (Å²) in [5, 5.41) is 0.685. The van der Waals surface area contributed by atoms with Crippen molar-refractivity contribution in [2.24, 2.45) is 5.92 Å². The number of rotatable bonds is 3. The van der Waals surface area contributed by atoms with Crippen LogP contribution in [0.2, 0.25) is 0 Å². The zero-order valence-electron chi connectivity index (χ0n) is 9.44. The Labute approximate surface area is 95.3 Å². The maximum absolute atomic E-state index is 5.64. The van der Waals surface area contributed by atoms with Crippen molar-refractivity contribution in [1.82, 2.24) is 9.88 Å². The first-order valence-corrected chi connectivity index (χ1v) is 6.46. The van der Waals surface area contributed by atoms with Crippen LogP contribution in [-0.2, 0) is 6.54 Å². The molecule has 0 aliphatic carbocycles. The first kappa shape index (κ1) is 10.9. The minimum Gasteiger partial charge on any atom is -0.375 e. The van der Waals surface area contributed by atoms with E-state index in [1.165, 1.54) is 24.3 Å². The Hall–Kier alpha value is -0.610. The summed E-state index contributed by atoms with van der Waals surface area (Å²) in [7, 11) is 0. The van der Waals surface area contributed by atoms with Gasteiger partial charge in [-0.25, -0.2) is 4.98 Å². The Morgan fingerprint density at radius 2 is 2.47 bits per heavy atom. The Morgan fingerprint density at radius 1 is 1.67 bits per heavy atom. The lowest BCUT2D eigenvalue weighted by Crippen LogP contribution is -2.30. The number of thiazole rings is 1. The van der Waals surface area contributed by atoms with Gasteiger partial charge in [-0.1, -0.05) is 13.8 Å². The highest BCUT2D eigenvalue weighted by atomic mass is 32.1. The molecule has 2 atom stereocenters. The van der Waals surface area contributed by atoms with Crippen molar-refractivity contribution in [3.8, 4) is 0 Å². The SMILES string of the molecule is CCC1C(C)CCN1Cc1cnc(N)s1. The summed E-state index contributed by atoms with van der Waals surface area (Å²) in [5.41, 5.74) is 5.64. The molecule has 1 saturated heterocycles. The van der Waals surface area contributed by atoms with Crippen molar-refractivity contribution >= 4 is 16.5 Å². The fraction of sp³-hybridized carbons (Fsp3) is 0.727. The van der Waals surface area contributed by atoms with Crippen LogP contribution in [0.25, 0.3) is 0 Å². The van der Waals surface area contributed by atoms with Gasteiger partial charge in [0.1, 0.15) is 0 Å². The molecule has 0 spiro atoms. The average molecular weight is 225 g/mol. The molecule has 2 heterocycles. The molecule has 84 valence electrons. The van der Waals surface area contributed by atoms with E-state index in [4.69, 9.17) is 5.73 Å². The Morgan fingerprint density at radius 3 is 3.07 bits per heavy atom. The molecule has 2 unspecified atom stereocenters. The zero-order valence-corrected chi connectivity index (χ0v) is 10.3. The molecule has 1 aromatic rings. The molecule has 0 amide bonds. The molecule has 0 bridgehead atoms. The molecule has 0 aromatic carbocycles. The van der Waals surface area contributed by atoms with Crippen LogP contribution in [0.3, 0.4) is 0 Å². The highest BCUT2D eigenvalue weighted by Gasteiger charge is 2.29. The molecule has 15 heavy (non-hydrogen) atoms. The molecule has 1 aliphatic rings. The zero-order chi connectivity index (χ0) is 10.8. The number of likely N-dealkylation sites (tertiary alicyclic amines) is 1. The van der Waals surface area contributed by atoms with E-state index >= 15 is 0 Å². The number of hydrogen-bond donors (Lipinski definition) is 1. The topological polar surface area (TPSA) is 42.2 Å². The number of anilines is 1. The molecule has 3 nitrogen and oxygen atoms in total. The van der Waals surface area contributed by atoms with Crippen LogP contribution >= 0.6 is 11.3 Å². The summed E-state index contributed by atoms with van der Waals surface area (Å²) in [6.45, 7) is 6.88. The van der Waals surface area contributed by atoms with Crippen LogP contribution in [0.15, 0.2) is 6.20 Å². The van der Waals surface area contributed by atoms with E-state index in [-0.39, 0.29) is 0 Å². The quantitative estimate of drug-likeness (QED) is 0.858. The van der Waals surface area contributed by atoms with Gasteiger partial charge in [0.05, 0.1) is 0 Å². The highest BCUT2D eigenvalue weighted by molar-refractivity contribution is 7.15. The summed E-state index contributed by atoms with van der Waals surface area (Å²) in [5.74, 6) is 0.834. The van der Waals surface area contributed by atoms with Crippen molar-refractivity contribution < 1.29 is 0 Å². The van der Waals surface area contributed by atoms with E-state index in [1.807, 2.05) is 6.20 Å². The van der Waals surface area contributed by atoms with E-state index in [0.29, 0.717) is 5.13 Å². The van der Waals surface area contributed by atoms with Gasteiger partial charge in [-0.3, -0.25) is 4.90 Å². The molecule has 1 aromatic heterocycles. The molecule has 4 heteroatoms. The Balaban J connectivity index is 2.00. The highest BCUT2D eigenvalue weighted by Crippen LogP contribution is 2.29. The molecule has 2 rings (SSSR count). The standard InChI is InChI=1S/C11H19N3S/c1-3-10-8(2)4-5-14(10)7-9-6-13-11(12)15-9/h6,8,10H,3-5,7H2,1-2H3,(H2,12,13). The third kappa shape index (κ3) is 2.32. The minimum atomic E-state index is 0.685. The molecule has 0 radical (unpaired) electrons. The average Bonchev–Trinajstić information content (AvgIpc) is 2.75. The van der Waals surface area contributed by atoms with E-state index in [1.54, 1.807) is 11.3 Å². The van der Waals surface area contributed by atoms with E-state index < -0.39 is 0 Å². The summed E-state index contributed by atoms with van der Waals surface area (Å²) in [4.78, 5) is 7.96. The van der Waals surface area contributed by atoms with E-state index in [2.05, 4.69) is 23.7 Å². The molecule has 1 fully saturated rings. The van der Waals surface area contributed by atoms with Crippen LogP contribution in [0.4, 0.5) is 5.13 Å². The second-order valence-electron chi connectivity index (χ2n) is 4.38. The van der Waals surface area contributed by atoms with Gasteiger partial charge in [-0.2, -0.15) is 0 Å². The lowest BCUT2D eigenvalue weighted by atomic mass is 10.0. The molecular weight excluding hydrogens is 206 g/mol. The van der Waals surface area contributed by atoms with Crippen molar-refractivity contribution in [2.45, 2.75) is 39.3 Å². The third-order valence-corrected chi connectivity index (χ3v) is 4.16. The molecule has 1 aliphatic heterocycles. The van der Waals surface area contributed by atoms with Crippen LogP contribution in [-0.4, -0.2) is 22.5 Å². The maximum atomic E-state index is 5.64. The summed E-state index contributed by atoms with van der Waals surface area (Å²) < 4.78 is 0. The fourth-order valence-corrected chi connectivity index (χ4v) is 3.25. The predicted molar refractivity (Wildman–Crippen MR) is 64.8 cm³/mol. The second kappa shape index (κ2) is 4.49. The summed E-state index contributed by atoms with van der Waals surface area (Å²) >= 11 is 1.61. The first-order chi connectivity index (χ1) is 7.20. The van der Waals surface area contributed by atoms with Crippen LogP contribution in [0.1, 0.15) is 31.6 Å². The largest absolute Gasteiger partial charge is 0.375 e.